The number of amides is 1. The Morgan fingerprint density at radius 3 is 2.62 bits per heavy atom. The number of carbonyl (C=O) groups excluding carboxylic acids is 1. The van der Waals surface area contributed by atoms with E-state index in [-0.39, 0.29) is 23.6 Å². The zero-order chi connectivity index (χ0) is 15.4. The topological polar surface area (TPSA) is 148 Å². The van der Waals surface area contributed by atoms with Gasteiger partial charge >= 0.3 is 5.97 Å². The van der Waals surface area contributed by atoms with Crippen LogP contribution in [-0.4, -0.2) is 48.6 Å². The van der Waals surface area contributed by atoms with Crippen molar-refractivity contribution in [1.29, 1.82) is 0 Å². The second-order valence-corrected chi connectivity index (χ2v) is 4.25. The summed E-state index contributed by atoms with van der Waals surface area (Å²) < 4.78 is 0. The molecule has 1 atom stereocenters. The van der Waals surface area contributed by atoms with E-state index in [0.717, 1.165) is 0 Å². The van der Waals surface area contributed by atoms with Gasteiger partial charge in [-0.2, -0.15) is 15.4 Å². The fourth-order valence-electron chi connectivity index (χ4n) is 1.67. The van der Waals surface area contributed by atoms with Crippen LogP contribution < -0.4 is 5.32 Å². The minimum absolute atomic E-state index is 0.0326. The van der Waals surface area contributed by atoms with Gasteiger partial charge in [0.2, 0.25) is 0 Å². The van der Waals surface area contributed by atoms with Crippen molar-refractivity contribution in [3.8, 4) is 11.5 Å². The summed E-state index contributed by atoms with van der Waals surface area (Å²) in [6.07, 6.45) is 1.10. The number of hydrogen-bond acceptors (Lipinski definition) is 6. The zero-order valence-electron chi connectivity index (χ0n) is 10.6. The SMILES string of the molecule is O=C(NC(Cc1ccc(O)c(O)c1)C(=O)O)c1cn[nH]n1. The van der Waals surface area contributed by atoms with Gasteiger partial charge in [-0.15, -0.1) is 0 Å². The van der Waals surface area contributed by atoms with Crippen molar-refractivity contribution in [3.05, 3.63) is 35.7 Å². The van der Waals surface area contributed by atoms with E-state index in [1.54, 1.807) is 0 Å². The predicted octanol–water partition coefficient (Wildman–Crippen LogP) is -0.358. The van der Waals surface area contributed by atoms with Gasteiger partial charge in [0.05, 0.1) is 6.20 Å². The van der Waals surface area contributed by atoms with Gasteiger partial charge in [0.1, 0.15) is 6.04 Å². The Balaban J connectivity index is 2.10. The predicted molar refractivity (Wildman–Crippen MR) is 68.7 cm³/mol. The van der Waals surface area contributed by atoms with Crippen LogP contribution in [0.2, 0.25) is 0 Å². The van der Waals surface area contributed by atoms with E-state index in [2.05, 4.69) is 20.7 Å². The molecular weight excluding hydrogens is 280 g/mol. The van der Waals surface area contributed by atoms with Crippen molar-refractivity contribution in [3.63, 3.8) is 0 Å². The zero-order valence-corrected chi connectivity index (χ0v) is 10.6. The number of nitrogens with zero attached hydrogens (tertiary/aromatic N) is 2. The van der Waals surface area contributed by atoms with Gasteiger partial charge in [0.15, 0.2) is 17.2 Å². The summed E-state index contributed by atoms with van der Waals surface area (Å²) >= 11 is 0. The van der Waals surface area contributed by atoms with E-state index in [9.17, 15) is 19.8 Å². The van der Waals surface area contributed by atoms with Crippen molar-refractivity contribution < 1.29 is 24.9 Å². The summed E-state index contributed by atoms with van der Waals surface area (Å²) in [4.78, 5) is 22.9. The standard InChI is InChI=1S/C12H12N4O5/c17-9-2-1-6(4-10(9)18)3-7(12(20)21)14-11(19)8-5-13-16-15-8/h1-2,4-5,7,17-18H,3H2,(H,14,19)(H,20,21)(H,13,15,16). The summed E-state index contributed by atoms with van der Waals surface area (Å²) in [5, 5.41) is 39.3. The van der Waals surface area contributed by atoms with Gasteiger partial charge in [0.25, 0.3) is 5.91 Å². The molecule has 0 aliphatic rings. The Kier molecular flexibility index (Phi) is 4.02. The first-order valence-corrected chi connectivity index (χ1v) is 5.87. The molecule has 9 nitrogen and oxygen atoms in total. The molecule has 1 amide bonds. The molecular formula is C12H12N4O5. The highest BCUT2D eigenvalue weighted by Gasteiger charge is 2.22. The number of H-pyrrole nitrogens is 1. The Labute approximate surface area is 118 Å². The lowest BCUT2D eigenvalue weighted by Crippen LogP contribution is -2.42. The van der Waals surface area contributed by atoms with Crippen LogP contribution in [0.5, 0.6) is 11.5 Å². The van der Waals surface area contributed by atoms with E-state index in [4.69, 9.17) is 5.11 Å². The van der Waals surface area contributed by atoms with Crippen molar-refractivity contribution >= 4 is 11.9 Å². The van der Waals surface area contributed by atoms with E-state index in [1.807, 2.05) is 0 Å². The van der Waals surface area contributed by atoms with Crippen LogP contribution in [0.15, 0.2) is 24.4 Å². The minimum Gasteiger partial charge on any atom is -0.504 e. The molecule has 1 unspecified atom stereocenters. The van der Waals surface area contributed by atoms with Crippen LogP contribution in [0.4, 0.5) is 0 Å². The number of carboxylic acids is 1. The first kappa shape index (κ1) is 14.3. The van der Waals surface area contributed by atoms with E-state index >= 15 is 0 Å². The number of carbonyl (C=O) groups is 2. The van der Waals surface area contributed by atoms with Crippen LogP contribution >= 0.6 is 0 Å². The number of aromatic amines is 1. The van der Waals surface area contributed by atoms with Crippen molar-refractivity contribution in [2.24, 2.45) is 0 Å². The molecule has 110 valence electrons. The van der Waals surface area contributed by atoms with Gasteiger partial charge in [-0.1, -0.05) is 6.07 Å². The number of aliphatic carboxylic acids is 1. The summed E-state index contributed by atoms with van der Waals surface area (Å²) in [5.74, 6) is -2.59. The molecule has 21 heavy (non-hydrogen) atoms. The lowest BCUT2D eigenvalue weighted by Gasteiger charge is -2.14. The third kappa shape index (κ3) is 3.47. The summed E-state index contributed by atoms with van der Waals surface area (Å²) in [6, 6.07) is 2.71. The molecule has 2 rings (SSSR count). The molecule has 0 aliphatic heterocycles. The molecule has 0 radical (unpaired) electrons. The third-order valence-corrected chi connectivity index (χ3v) is 2.73. The Morgan fingerprint density at radius 2 is 2.05 bits per heavy atom. The molecule has 0 spiro atoms. The molecule has 1 heterocycles. The highest BCUT2D eigenvalue weighted by atomic mass is 16.4. The quantitative estimate of drug-likeness (QED) is 0.472. The smallest absolute Gasteiger partial charge is 0.326 e. The first-order valence-electron chi connectivity index (χ1n) is 5.87. The summed E-state index contributed by atoms with van der Waals surface area (Å²) in [6.45, 7) is 0. The summed E-state index contributed by atoms with van der Waals surface area (Å²) in [5.41, 5.74) is 0.410. The number of carboxylic acid groups (broad SMARTS) is 1. The molecule has 9 heteroatoms. The average molecular weight is 292 g/mol. The van der Waals surface area contributed by atoms with E-state index < -0.39 is 17.9 Å². The van der Waals surface area contributed by atoms with E-state index in [0.29, 0.717) is 5.56 Å². The lowest BCUT2D eigenvalue weighted by molar-refractivity contribution is -0.139. The second-order valence-electron chi connectivity index (χ2n) is 4.25. The van der Waals surface area contributed by atoms with Gasteiger partial charge in [-0.25, -0.2) is 4.79 Å². The van der Waals surface area contributed by atoms with Gasteiger partial charge in [-0.3, -0.25) is 4.79 Å². The molecule has 0 saturated heterocycles. The Morgan fingerprint density at radius 1 is 1.29 bits per heavy atom. The third-order valence-electron chi connectivity index (χ3n) is 2.73. The maximum atomic E-state index is 11.7. The average Bonchev–Trinajstić information content (AvgIpc) is 2.96. The molecule has 0 bridgehead atoms. The fraction of sp³-hybridized carbons (Fsp3) is 0.167. The second kappa shape index (κ2) is 5.90. The number of phenolic OH excluding ortho intramolecular Hbond substituents is 2. The molecule has 2 aromatic rings. The maximum Gasteiger partial charge on any atom is 0.326 e. The largest absolute Gasteiger partial charge is 0.504 e. The van der Waals surface area contributed by atoms with Crippen LogP contribution in [0, 0.1) is 0 Å². The molecule has 0 aliphatic carbocycles. The van der Waals surface area contributed by atoms with Gasteiger partial charge in [-0.05, 0) is 17.7 Å². The maximum absolute atomic E-state index is 11.7. The van der Waals surface area contributed by atoms with Crippen molar-refractivity contribution in [2.75, 3.05) is 0 Å². The Bertz CT molecular complexity index is 656. The highest BCUT2D eigenvalue weighted by Crippen LogP contribution is 2.25. The highest BCUT2D eigenvalue weighted by molar-refractivity contribution is 5.94. The molecule has 1 aromatic carbocycles. The van der Waals surface area contributed by atoms with Crippen molar-refractivity contribution in [1.82, 2.24) is 20.7 Å². The lowest BCUT2D eigenvalue weighted by atomic mass is 10.1. The summed E-state index contributed by atoms with van der Waals surface area (Å²) in [7, 11) is 0. The first-order chi connectivity index (χ1) is 9.97. The van der Waals surface area contributed by atoms with Crippen LogP contribution in [-0.2, 0) is 11.2 Å². The fourth-order valence-corrected chi connectivity index (χ4v) is 1.67. The number of phenols is 2. The number of hydrogen-bond donors (Lipinski definition) is 5. The molecule has 0 fully saturated rings. The number of benzene rings is 1. The van der Waals surface area contributed by atoms with Gasteiger partial charge in [0, 0.05) is 6.42 Å². The number of aromatic hydroxyl groups is 2. The van der Waals surface area contributed by atoms with E-state index in [1.165, 1.54) is 24.4 Å². The molecule has 1 aromatic heterocycles. The number of rotatable bonds is 5. The Hall–Kier alpha value is -3.10. The van der Waals surface area contributed by atoms with Crippen LogP contribution in [0.1, 0.15) is 16.1 Å². The van der Waals surface area contributed by atoms with Crippen LogP contribution in [0.3, 0.4) is 0 Å². The molecule has 5 N–H and O–H groups in total. The molecule has 0 saturated carbocycles. The van der Waals surface area contributed by atoms with Crippen molar-refractivity contribution in [2.45, 2.75) is 12.5 Å². The normalized spacial score (nSPS) is 11.8. The number of nitrogens with one attached hydrogen (secondary N) is 2. The van der Waals surface area contributed by atoms with Gasteiger partial charge < -0.3 is 20.6 Å². The minimum atomic E-state index is -1.24. The monoisotopic (exact) mass is 292 g/mol. The number of aromatic nitrogens is 3. The van der Waals surface area contributed by atoms with Crippen LogP contribution in [0.25, 0.3) is 0 Å².